The fraction of sp³-hybridized carbons (Fsp3) is 0.833. The molecule has 0 aromatic heterocycles. The van der Waals surface area contributed by atoms with Crippen LogP contribution in [-0.2, 0) is 9.31 Å². The van der Waals surface area contributed by atoms with Crippen molar-refractivity contribution in [1.82, 2.24) is 0 Å². The SMILES string of the molecule is C[C@H]1CC[C@@H]2[C@H]([C@@H]1B(OC(=Cc1ccccc1)OB([C@H]1[C@H]3[C@@H](CC[C@@H]1C)C3(C)C)[C@H]1[C@H]3[C@@H](CC[C@@H]1C)C3(C)C)[C@H]1[C@H]3[C@@H](CC[C@@H]1C)C3(C)C)C2(C)C. The third kappa shape index (κ3) is 5.44. The van der Waals surface area contributed by atoms with E-state index in [1.54, 1.807) is 0 Å². The van der Waals surface area contributed by atoms with Crippen molar-refractivity contribution < 1.29 is 9.31 Å². The minimum absolute atomic E-state index is 0.215. The molecule has 284 valence electrons. The summed E-state index contributed by atoms with van der Waals surface area (Å²) < 4.78 is 16.0. The first-order chi connectivity index (χ1) is 24.5. The molecule has 52 heavy (non-hydrogen) atoms. The molecule has 8 aliphatic carbocycles. The molecule has 0 bridgehead atoms. The van der Waals surface area contributed by atoms with Crippen molar-refractivity contribution in [3.05, 3.63) is 41.8 Å². The van der Waals surface area contributed by atoms with Crippen LogP contribution in [0.2, 0.25) is 23.3 Å². The summed E-state index contributed by atoms with van der Waals surface area (Å²) in [6.07, 6.45) is 13.4. The Morgan fingerprint density at radius 1 is 0.481 bits per heavy atom. The Morgan fingerprint density at radius 2 is 0.769 bits per heavy atom. The first-order valence-electron chi connectivity index (χ1n) is 22.6. The predicted octanol–water partition coefficient (Wildman–Crippen LogP) is 13.3. The Bertz CT molecular complexity index is 1370. The average Bonchev–Trinajstić information content (AvgIpc) is 4.04. The van der Waals surface area contributed by atoms with Gasteiger partial charge in [0.05, 0.1) is 0 Å². The van der Waals surface area contributed by atoms with Gasteiger partial charge in [-0.15, -0.1) is 0 Å². The maximum atomic E-state index is 7.98. The molecule has 0 aliphatic heterocycles. The molecule has 1 aromatic carbocycles. The summed E-state index contributed by atoms with van der Waals surface area (Å²) in [6, 6.07) is 11.1. The number of hydrogen-bond donors (Lipinski definition) is 0. The second-order valence-electron chi connectivity index (χ2n) is 23.4. The van der Waals surface area contributed by atoms with Gasteiger partial charge < -0.3 is 9.31 Å². The summed E-state index contributed by atoms with van der Waals surface area (Å²) in [5, 5.41) is 0. The van der Waals surface area contributed by atoms with E-state index < -0.39 is 0 Å². The molecule has 0 N–H and O–H groups in total. The quantitative estimate of drug-likeness (QED) is 0.188. The molecule has 0 spiro atoms. The van der Waals surface area contributed by atoms with E-state index >= 15 is 0 Å². The zero-order valence-corrected chi connectivity index (χ0v) is 35.3. The molecule has 0 heterocycles. The van der Waals surface area contributed by atoms with Crippen LogP contribution in [-0.4, -0.2) is 13.8 Å². The molecule has 2 nitrogen and oxygen atoms in total. The van der Waals surface area contributed by atoms with E-state index in [-0.39, 0.29) is 13.8 Å². The Labute approximate surface area is 320 Å². The summed E-state index contributed by atoms with van der Waals surface area (Å²) in [6.45, 7) is 31.5. The van der Waals surface area contributed by atoms with E-state index in [1.807, 2.05) is 0 Å². The van der Waals surface area contributed by atoms with Crippen LogP contribution < -0.4 is 0 Å². The molecule has 9 rings (SSSR count). The van der Waals surface area contributed by atoms with E-state index in [2.05, 4.69) is 119 Å². The number of benzene rings is 1. The third-order valence-electron chi connectivity index (χ3n) is 19.7. The highest BCUT2D eigenvalue weighted by atomic mass is 16.6. The van der Waals surface area contributed by atoms with E-state index in [0.29, 0.717) is 68.6 Å². The molecule has 8 saturated carbocycles. The van der Waals surface area contributed by atoms with Crippen LogP contribution in [0.25, 0.3) is 6.08 Å². The molecule has 0 unspecified atom stereocenters. The Kier molecular flexibility index (Phi) is 8.45. The van der Waals surface area contributed by atoms with Crippen LogP contribution in [0.3, 0.4) is 0 Å². The zero-order chi connectivity index (χ0) is 36.9. The maximum Gasteiger partial charge on any atom is 0.369 e. The minimum atomic E-state index is 0.215. The third-order valence-corrected chi connectivity index (χ3v) is 19.7. The highest BCUT2D eigenvalue weighted by molar-refractivity contribution is 6.58. The number of rotatable bonds is 9. The summed E-state index contributed by atoms with van der Waals surface area (Å²) in [7, 11) is 0. The fourth-order valence-corrected chi connectivity index (χ4v) is 16.4. The molecular weight excluding hydrogens is 630 g/mol. The van der Waals surface area contributed by atoms with Gasteiger partial charge in [0.25, 0.3) is 0 Å². The van der Waals surface area contributed by atoms with Gasteiger partial charge in [0.2, 0.25) is 5.95 Å². The van der Waals surface area contributed by atoms with Gasteiger partial charge in [-0.1, -0.05) is 139 Å². The minimum Gasteiger partial charge on any atom is -0.537 e. The van der Waals surface area contributed by atoms with Gasteiger partial charge in [0, 0.05) is 6.08 Å². The number of fused-ring (bicyclic) bond motifs is 4. The topological polar surface area (TPSA) is 18.5 Å². The van der Waals surface area contributed by atoms with E-state index in [9.17, 15) is 0 Å². The lowest BCUT2D eigenvalue weighted by Gasteiger charge is -2.44. The predicted molar refractivity (Wildman–Crippen MR) is 220 cm³/mol. The molecule has 8 aliphatic rings. The Morgan fingerprint density at radius 3 is 1.06 bits per heavy atom. The van der Waals surface area contributed by atoms with Gasteiger partial charge in [-0.2, -0.15) is 0 Å². The normalized spacial score (nSPS) is 47.6. The zero-order valence-electron chi connectivity index (χ0n) is 35.3. The van der Waals surface area contributed by atoms with Gasteiger partial charge in [0.1, 0.15) is 0 Å². The van der Waals surface area contributed by atoms with Crippen LogP contribution in [0.15, 0.2) is 36.3 Å². The molecular formula is C48H74B2O2. The molecule has 4 heteroatoms. The molecule has 0 amide bonds. The van der Waals surface area contributed by atoms with Gasteiger partial charge >= 0.3 is 13.8 Å². The smallest absolute Gasteiger partial charge is 0.369 e. The van der Waals surface area contributed by atoms with Gasteiger partial charge in [-0.25, -0.2) is 0 Å². The van der Waals surface area contributed by atoms with Crippen molar-refractivity contribution in [3.8, 4) is 0 Å². The lowest BCUT2D eigenvalue weighted by Crippen LogP contribution is -2.44. The van der Waals surface area contributed by atoms with Crippen molar-refractivity contribution in [3.63, 3.8) is 0 Å². The second kappa shape index (κ2) is 12.1. The molecule has 0 radical (unpaired) electrons. The highest BCUT2D eigenvalue weighted by Crippen LogP contribution is 2.78. The maximum absolute atomic E-state index is 7.98. The number of hydrogen-bond acceptors (Lipinski definition) is 2. The van der Waals surface area contributed by atoms with E-state index in [1.165, 1.54) is 56.9 Å². The summed E-state index contributed by atoms with van der Waals surface area (Å²) in [5.74, 6) is 12.5. The first kappa shape index (κ1) is 36.3. The van der Waals surface area contributed by atoms with Crippen LogP contribution in [0.4, 0.5) is 0 Å². The highest BCUT2D eigenvalue weighted by Gasteiger charge is 2.73. The van der Waals surface area contributed by atoms with Crippen molar-refractivity contribution in [2.24, 2.45) is 92.7 Å². The van der Waals surface area contributed by atoms with Crippen LogP contribution in [0, 0.1) is 92.7 Å². The largest absolute Gasteiger partial charge is 0.537 e. The second-order valence-corrected chi connectivity index (χ2v) is 23.4. The first-order valence-corrected chi connectivity index (χ1v) is 22.6. The van der Waals surface area contributed by atoms with Crippen molar-refractivity contribution in [2.45, 2.75) is 158 Å². The standard InChI is InChI=1S/C48H74B2O2/c1-27-18-22-32-37(45(32,5)6)41(27)49(42-28(2)19-23-33-38(42)46(33,7)8)51-36(26-31-16-14-13-15-17-31)52-50(43-29(3)20-24-34-39(43)47(34,9)10)44-30(4)21-25-35-40(44)48(35,11)12/h13-17,26-30,32-35,37-44H,18-25H2,1-12H3/t27-,28-,29-,30-,32+,33+,34+,35+,37+,38+,39+,40+,41+,42+,43+,44+/m0/s1. The lowest BCUT2D eigenvalue weighted by atomic mass is 9.36. The van der Waals surface area contributed by atoms with Crippen LogP contribution in [0.5, 0.6) is 0 Å². The lowest BCUT2D eigenvalue weighted by molar-refractivity contribution is 0.177. The van der Waals surface area contributed by atoms with Crippen molar-refractivity contribution >= 4 is 19.9 Å². The summed E-state index contributed by atoms with van der Waals surface area (Å²) >= 11 is 0. The van der Waals surface area contributed by atoms with E-state index in [4.69, 9.17) is 9.31 Å². The fourth-order valence-electron chi connectivity index (χ4n) is 16.4. The van der Waals surface area contributed by atoms with Gasteiger partial charge in [-0.05, 0) is 147 Å². The van der Waals surface area contributed by atoms with Crippen molar-refractivity contribution in [2.75, 3.05) is 0 Å². The van der Waals surface area contributed by atoms with Crippen molar-refractivity contribution in [1.29, 1.82) is 0 Å². The van der Waals surface area contributed by atoms with Crippen LogP contribution in [0.1, 0.15) is 140 Å². The summed E-state index contributed by atoms with van der Waals surface area (Å²) in [5.41, 5.74) is 2.92. The Balaban J connectivity index is 1.15. The monoisotopic (exact) mass is 705 g/mol. The van der Waals surface area contributed by atoms with E-state index in [0.717, 1.165) is 53.3 Å². The summed E-state index contributed by atoms with van der Waals surface area (Å²) in [4.78, 5) is 0. The van der Waals surface area contributed by atoms with Crippen LogP contribution >= 0.6 is 0 Å². The Hall–Kier alpha value is -1.31. The molecule has 0 saturated heterocycles. The molecule has 16 atom stereocenters. The molecule has 1 aromatic rings. The van der Waals surface area contributed by atoms with Gasteiger partial charge in [0.15, 0.2) is 0 Å². The average molecular weight is 705 g/mol. The molecule has 8 fully saturated rings. The van der Waals surface area contributed by atoms with Gasteiger partial charge in [-0.3, -0.25) is 0 Å².